The lowest BCUT2D eigenvalue weighted by molar-refractivity contribution is 0.0268. The molecular weight excluding hydrogens is 260 g/mol. The largest absolute Gasteiger partial charge is 0.473 e. The summed E-state index contributed by atoms with van der Waals surface area (Å²) >= 11 is 5.87. The first-order valence-corrected chi connectivity index (χ1v) is 7.38. The fourth-order valence-corrected chi connectivity index (χ4v) is 4.09. The number of nitrogens with zero attached hydrogens (tertiary/aromatic N) is 2. The fraction of sp³-hybridized carbons (Fsp3) is 0.733. The van der Waals surface area contributed by atoms with Crippen molar-refractivity contribution in [1.29, 1.82) is 0 Å². The van der Waals surface area contributed by atoms with Crippen molar-refractivity contribution in [3.63, 3.8) is 0 Å². The molecular formula is C15H21ClN2O. The summed E-state index contributed by atoms with van der Waals surface area (Å²) in [6.07, 6.45) is 5.67. The Kier molecular flexibility index (Phi) is 2.83. The molecule has 19 heavy (non-hydrogen) atoms. The summed E-state index contributed by atoms with van der Waals surface area (Å²) in [7, 11) is 0. The predicted octanol–water partition coefficient (Wildman–Crippen LogP) is 4.03. The summed E-state index contributed by atoms with van der Waals surface area (Å²) in [6, 6.07) is 0. The summed E-state index contributed by atoms with van der Waals surface area (Å²) in [5.41, 5.74) is 1.54. The molecule has 0 N–H and O–H groups in total. The minimum Gasteiger partial charge on any atom is -0.473 e. The van der Waals surface area contributed by atoms with E-state index in [-0.39, 0.29) is 16.8 Å². The summed E-state index contributed by atoms with van der Waals surface area (Å²) in [4.78, 5) is 8.21. The molecule has 0 spiro atoms. The van der Waals surface area contributed by atoms with Crippen molar-refractivity contribution in [1.82, 2.24) is 9.97 Å². The van der Waals surface area contributed by atoms with E-state index < -0.39 is 0 Å². The average Bonchev–Trinajstić information content (AvgIpc) is 2.67. The quantitative estimate of drug-likeness (QED) is 0.767. The number of rotatable bonds is 2. The molecule has 4 heteroatoms. The number of hydrogen-bond donors (Lipinski definition) is 0. The van der Waals surface area contributed by atoms with Gasteiger partial charge in [-0.3, -0.25) is 0 Å². The molecule has 1 aromatic heterocycles. The first-order valence-electron chi connectivity index (χ1n) is 7.00. The van der Waals surface area contributed by atoms with Gasteiger partial charge in [-0.05, 0) is 49.1 Å². The van der Waals surface area contributed by atoms with Crippen LogP contribution < -0.4 is 4.74 Å². The highest BCUT2D eigenvalue weighted by atomic mass is 35.5. The van der Waals surface area contributed by atoms with Crippen LogP contribution >= 0.6 is 11.6 Å². The Morgan fingerprint density at radius 3 is 2.68 bits per heavy atom. The standard InChI is InChI=1S/C15H21ClN2O/c1-9-8-17-13(16)18-12(9)19-11-7-10-5-6-15(11,4)14(10,2)3/h8,10-11H,5-7H2,1-4H3. The topological polar surface area (TPSA) is 35.0 Å². The van der Waals surface area contributed by atoms with Gasteiger partial charge in [-0.25, -0.2) is 4.98 Å². The van der Waals surface area contributed by atoms with E-state index in [2.05, 4.69) is 30.7 Å². The maximum absolute atomic E-state index is 6.22. The van der Waals surface area contributed by atoms with Gasteiger partial charge in [0.15, 0.2) is 0 Å². The number of fused-ring (bicyclic) bond motifs is 2. The lowest BCUT2D eigenvalue weighted by Gasteiger charge is -2.38. The van der Waals surface area contributed by atoms with E-state index >= 15 is 0 Å². The van der Waals surface area contributed by atoms with E-state index in [1.165, 1.54) is 12.8 Å². The highest BCUT2D eigenvalue weighted by Crippen LogP contribution is 2.66. The second-order valence-corrected chi connectivity index (χ2v) is 7.18. The summed E-state index contributed by atoms with van der Waals surface area (Å²) < 4.78 is 6.22. The Hall–Kier alpha value is -0.830. The van der Waals surface area contributed by atoms with Crippen LogP contribution in [0, 0.1) is 23.7 Å². The summed E-state index contributed by atoms with van der Waals surface area (Å²) in [5.74, 6) is 1.41. The van der Waals surface area contributed by atoms with Gasteiger partial charge >= 0.3 is 0 Å². The number of hydrogen-bond acceptors (Lipinski definition) is 3. The third-order valence-corrected chi connectivity index (χ3v) is 6.05. The van der Waals surface area contributed by atoms with Crippen molar-refractivity contribution in [3.8, 4) is 5.88 Å². The molecule has 2 aliphatic rings. The number of aromatic nitrogens is 2. The zero-order valence-corrected chi connectivity index (χ0v) is 12.8. The Bertz CT molecular complexity index is 517. The van der Waals surface area contributed by atoms with Crippen LogP contribution in [-0.4, -0.2) is 16.1 Å². The van der Waals surface area contributed by atoms with Crippen LogP contribution in [0.3, 0.4) is 0 Å². The van der Waals surface area contributed by atoms with Crippen molar-refractivity contribution in [2.45, 2.75) is 53.1 Å². The molecule has 0 aliphatic heterocycles. The van der Waals surface area contributed by atoms with Gasteiger partial charge in [-0.1, -0.05) is 20.8 Å². The van der Waals surface area contributed by atoms with Crippen molar-refractivity contribution in [3.05, 3.63) is 17.0 Å². The molecule has 2 fully saturated rings. The Morgan fingerprint density at radius 2 is 2.11 bits per heavy atom. The highest BCUT2D eigenvalue weighted by molar-refractivity contribution is 6.28. The van der Waals surface area contributed by atoms with Gasteiger partial charge in [-0.2, -0.15) is 4.98 Å². The second-order valence-electron chi connectivity index (χ2n) is 6.84. The van der Waals surface area contributed by atoms with Gasteiger partial charge in [0, 0.05) is 17.2 Å². The van der Waals surface area contributed by atoms with E-state index in [4.69, 9.17) is 16.3 Å². The van der Waals surface area contributed by atoms with Crippen LogP contribution in [0.5, 0.6) is 5.88 Å². The van der Waals surface area contributed by atoms with Gasteiger partial charge in [-0.15, -0.1) is 0 Å². The van der Waals surface area contributed by atoms with E-state index in [0.717, 1.165) is 17.9 Å². The molecule has 0 aromatic carbocycles. The fourth-order valence-electron chi connectivity index (χ4n) is 3.97. The van der Waals surface area contributed by atoms with Gasteiger partial charge in [0.05, 0.1) is 0 Å². The van der Waals surface area contributed by atoms with Crippen LogP contribution in [0.1, 0.15) is 45.6 Å². The van der Waals surface area contributed by atoms with E-state index in [0.29, 0.717) is 11.3 Å². The molecule has 3 rings (SSSR count). The molecule has 0 amide bonds. The lowest BCUT2D eigenvalue weighted by atomic mass is 9.70. The van der Waals surface area contributed by atoms with Crippen molar-refractivity contribution in [2.24, 2.45) is 16.7 Å². The summed E-state index contributed by atoms with van der Waals surface area (Å²) in [6.45, 7) is 9.09. The molecule has 2 saturated carbocycles. The first-order chi connectivity index (χ1) is 8.84. The van der Waals surface area contributed by atoms with Crippen molar-refractivity contribution >= 4 is 11.6 Å². The number of aryl methyl sites for hydroxylation is 1. The monoisotopic (exact) mass is 280 g/mol. The minimum atomic E-state index is 0.238. The van der Waals surface area contributed by atoms with Gasteiger partial charge in [0.2, 0.25) is 11.2 Å². The number of ether oxygens (including phenoxy) is 1. The Balaban J connectivity index is 1.88. The first kappa shape index (κ1) is 13.2. The Morgan fingerprint density at radius 1 is 1.37 bits per heavy atom. The van der Waals surface area contributed by atoms with E-state index in [1.807, 2.05) is 6.92 Å². The lowest BCUT2D eigenvalue weighted by Crippen LogP contribution is -2.39. The van der Waals surface area contributed by atoms with E-state index in [9.17, 15) is 0 Å². The maximum Gasteiger partial charge on any atom is 0.225 e. The van der Waals surface area contributed by atoms with Gasteiger partial charge in [0.1, 0.15) is 6.10 Å². The van der Waals surface area contributed by atoms with Gasteiger partial charge in [0.25, 0.3) is 0 Å². The van der Waals surface area contributed by atoms with Crippen molar-refractivity contribution < 1.29 is 4.74 Å². The molecule has 1 heterocycles. The molecule has 0 saturated heterocycles. The minimum absolute atomic E-state index is 0.238. The molecule has 3 atom stereocenters. The van der Waals surface area contributed by atoms with Crippen LogP contribution in [0.25, 0.3) is 0 Å². The molecule has 0 radical (unpaired) electrons. The Labute approximate surface area is 119 Å². The molecule has 2 aliphatic carbocycles. The van der Waals surface area contributed by atoms with Crippen LogP contribution in [-0.2, 0) is 0 Å². The molecule has 3 nitrogen and oxygen atoms in total. The van der Waals surface area contributed by atoms with Crippen molar-refractivity contribution in [2.75, 3.05) is 0 Å². The molecule has 3 unspecified atom stereocenters. The third kappa shape index (κ3) is 1.78. The smallest absolute Gasteiger partial charge is 0.225 e. The predicted molar refractivity (Wildman–Crippen MR) is 75.4 cm³/mol. The zero-order chi connectivity index (χ0) is 13.8. The SMILES string of the molecule is Cc1cnc(Cl)nc1OC1CC2CCC1(C)C2(C)C. The molecule has 1 aromatic rings. The average molecular weight is 281 g/mol. The zero-order valence-electron chi connectivity index (χ0n) is 12.0. The summed E-state index contributed by atoms with van der Waals surface area (Å²) in [5, 5.41) is 0.258. The van der Waals surface area contributed by atoms with Crippen LogP contribution in [0.2, 0.25) is 5.28 Å². The molecule has 2 bridgehead atoms. The van der Waals surface area contributed by atoms with E-state index in [1.54, 1.807) is 6.20 Å². The third-order valence-electron chi connectivity index (χ3n) is 5.86. The normalized spacial score (nSPS) is 35.6. The van der Waals surface area contributed by atoms with Crippen LogP contribution in [0.4, 0.5) is 0 Å². The highest BCUT2D eigenvalue weighted by Gasteiger charge is 2.62. The maximum atomic E-state index is 6.22. The number of halogens is 1. The molecule has 104 valence electrons. The van der Waals surface area contributed by atoms with Crippen LogP contribution in [0.15, 0.2) is 6.20 Å². The second kappa shape index (κ2) is 4.08. The van der Waals surface area contributed by atoms with Gasteiger partial charge < -0.3 is 4.74 Å².